The lowest BCUT2D eigenvalue weighted by Gasteiger charge is -2.39. The smallest absolute Gasteiger partial charge is 0.338 e. The van der Waals surface area contributed by atoms with E-state index < -0.39 is 24.2 Å². The minimum absolute atomic E-state index is 0.0708. The number of rotatable bonds is 3. The number of carbonyl (C=O) groups excluding carboxylic acids is 1. The standard InChI is InChI=1S/C22H18ClF3N6O/c23-17-7-12(10-27)1-4-18(17)30-19-16-5-6-31(20(16)29-11-28-19)15-8-13-2-3-14(9-15)32(13)21(33)22(24,25)26/h1,4-7,11,13-15H,2-3,8-9H2,(H,28,29,30). The molecule has 33 heavy (non-hydrogen) atoms. The van der Waals surface area contributed by atoms with Crippen molar-refractivity contribution in [3.63, 3.8) is 0 Å². The number of alkyl halides is 3. The number of carbonyl (C=O) groups is 1. The minimum atomic E-state index is -4.85. The van der Waals surface area contributed by atoms with Crippen LogP contribution < -0.4 is 5.32 Å². The number of nitriles is 1. The van der Waals surface area contributed by atoms with Gasteiger partial charge < -0.3 is 14.8 Å². The van der Waals surface area contributed by atoms with E-state index in [1.807, 2.05) is 22.9 Å². The fourth-order valence-corrected chi connectivity index (χ4v) is 5.26. The van der Waals surface area contributed by atoms with Crippen molar-refractivity contribution in [2.75, 3.05) is 5.32 Å². The Bertz CT molecular complexity index is 1270. The number of amides is 1. The van der Waals surface area contributed by atoms with Gasteiger partial charge in [0, 0.05) is 24.3 Å². The predicted molar refractivity (Wildman–Crippen MR) is 115 cm³/mol. The third-order valence-corrected chi connectivity index (χ3v) is 6.75. The van der Waals surface area contributed by atoms with Crippen molar-refractivity contribution < 1.29 is 18.0 Å². The molecule has 0 spiro atoms. The molecular weight excluding hydrogens is 457 g/mol. The minimum Gasteiger partial charge on any atom is -0.338 e. The Balaban J connectivity index is 1.42. The van der Waals surface area contributed by atoms with Crippen molar-refractivity contribution in [1.29, 1.82) is 5.26 Å². The number of nitrogens with zero attached hydrogens (tertiary/aromatic N) is 5. The van der Waals surface area contributed by atoms with Crippen LogP contribution in [-0.2, 0) is 4.79 Å². The fraction of sp³-hybridized carbons (Fsp3) is 0.364. The average Bonchev–Trinajstić information content (AvgIpc) is 3.32. The van der Waals surface area contributed by atoms with Crippen LogP contribution in [0, 0.1) is 11.3 Å². The van der Waals surface area contributed by atoms with Gasteiger partial charge in [-0.3, -0.25) is 4.79 Å². The van der Waals surface area contributed by atoms with Crippen LogP contribution in [0.15, 0.2) is 36.8 Å². The predicted octanol–water partition coefficient (Wildman–Crippen LogP) is 4.96. The molecule has 2 bridgehead atoms. The topological polar surface area (TPSA) is 86.8 Å². The van der Waals surface area contributed by atoms with Crippen LogP contribution in [0.3, 0.4) is 0 Å². The van der Waals surface area contributed by atoms with Gasteiger partial charge in [0.2, 0.25) is 0 Å². The molecule has 2 aromatic heterocycles. The molecule has 4 heterocycles. The SMILES string of the molecule is N#Cc1ccc(Nc2ncnc3c2ccn3C2CC3CCC(C2)N3C(=O)C(F)(F)F)c(Cl)c1. The maximum atomic E-state index is 13.0. The van der Waals surface area contributed by atoms with Crippen LogP contribution in [0.4, 0.5) is 24.7 Å². The van der Waals surface area contributed by atoms with Crippen LogP contribution in [-0.4, -0.2) is 43.6 Å². The van der Waals surface area contributed by atoms with Crippen molar-refractivity contribution in [3.8, 4) is 6.07 Å². The Morgan fingerprint density at radius 3 is 2.52 bits per heavy atom. The maximum absolute atomic E-state index is 13.0. The van der Waals surface area contributed by atoms with E-state index in [2.05, 4.69) is 15.3 Å². The number of hydrogen-bond acceptors (Lipinski definition) is 5. The van der Waals surface area contributed by atoms with Crippen molar-refractivity contribution >= 4 is 40.0 Å². The number of aromatic nitrogens is 3. The molecule has 2 atom stereocenters. The van der Waals surface area contributed by atoms with Crippen LogP contribution in [0.5, 0.6) is 0 Å². The number of fused-ring (bicyclic) bond motifs is 3. The number of halogens is 4. The molecule has 1 N–H and O–H groups in total. The van der Waals surface area contributed by atoms with Crippen LogP contribution in [0.1, 0.15) is 37.3 Å². The van der Waals surface area contributed by atoms with Crippen molar-refractivity contribution in [3.05, 3.63) is 47.4 Å². The first-order valence-electron chi connectivity index (χ1n) is 10.4. The number of benzene rings is 1. The molecule has 7 nitrogen and oxygen atoms in total. The molecule has 2 aliphatic rings. The molecule has 2 fully saturated rings. The van der Waals surface area contributed by atoms with Gasteiger partial charge in [-0.15, -0.1) is 0 Å². The second kappa shape index (κ2) is 7.92. The highest BCUT2D eigenvalue weighted by Gasteiger charge is 2.52. The molecular formula is C22H18ClF3N6O. The van der Waals surface area contributed by atoms with Gasteiger partial charge in [-0.1, -0.05) is 11.6 Å². The van der Waals surface area contributed by atoms with Gasteiger partial charge in [0.15, 0.2) is 0 Å². The summed E-state index contributed by atoms with van der Waals surface area (Å²) in [6.45, 7) is 0. The molecule has 0 radical (unpaired) electrons. The Morgan fingerprint density at radius 2 is 1.88 bits per heavy atom. The summed E-state index contributed by atoms with van der Waals surface area (Å²) in [5.41, 5.74) is 1.67. The number of nitrogens with one attached hydrogen (secondary N) is 1. The Hall–Kier alpha value is -3.32. The Morgan fingerprint density at radius 1 is 1.15 bits per heavy atom. The van der Waals surface area contributed by atoms with E-state index in [-0.39, 0.29) is 6.04 Å². The zero-order valence-electron chi connectivity index (χ0n) is 17.2. The zero-order chi connectivity index (χ0) is 23.3. The third-order valence-electron chi connectivity index (χ3n) is 6.44. The van der Waals surface area contributed by atoms with E-state index >= 15 is 0 Å². The van der Waals surface area contributed by atoms with E-state index in [4.69, 9.17) is 16.9 Å². The van der Waals surface area contributed by atoms with E-state index in [0.717, 1.165) is 10.3 Å². The second-order valence-corrected chi connectivity index (χ2v) is 8.74. The molecule has 170 valence electrons. The summed E-state index contributed by atoms with van der Waals surface area (Å²) in [6, 6.07) is 7.83. The van der Waals surface area contributed by atoms with Gasteiger partial charge in [-0.05, 0) is 49.9 Å². The highest BCUT2D eigenvalue weighted by molar-refractivity contribution is 6.33. The lowest BCUT2D eigenvalue weighted by Crippen LogP contribution is -2.51. The monoisotopic (exact) mass is 474 g/mol. The Labute approximate surface area is 191 Å². The van der Waals surface area contributed by atoms with Crippen LogP contribution in [0.2, 0.25) is 5.02 Å². The molecule has 1 amide bonds. The molecule has 1 aromatic carbocycles. The summed E-state index contributed by atoms with van der Waals surface area (Å²) < 4.78 is 41.1. The van der Waals surface area contributed by atoms with Gasteiger partial charge in [0.25, 0.3) is 0 Å². The highest BCUT2D eigenvalue weighted by Crippen LogP contribution is 2.43. The van der Waals surface area contributed by atoms with Crippen LogP contribution in [0.25, 0.3) is 11.0 Å². The summed E-state index contributed by atoms with van der Waals surface area (Å²) >= 11 is 6.27. The second-order valence-electron chi connectivity index (χ2n) is 8.33. The average molecular weight is 475 g/mol. The number of piperidine rings is 1. The zero-order valence-corrected chi connectivity index (χ0v) is 17.9. The molecule has 11 heteroatoms. The quantitative estimate of drug-likeness (QED) is 0.580. The van der Waals surface area contributed by atoms with Gasteiger partial charge in [-0.25, -0.2) is 9.97 Å². The van der Waals surface area contributed by atoms with Gasteiger partial charge in [-0.2, -0.15) is 18.4 Å². The number of hydrogen-bond donors (Lipinski definition) is 1. The molecule has 5 rings (SSSR count). The van der Waals surface area contributed by atoms with Crippen molar-refractivity contribution in [1.82, 2.24) is 19.4 Å². The summed E-state index contributed by atoms with van der Waals surface area (Å²) in [4.78, 5) is 21.7. The van der Waals surface area contributed by atoms with Gasteiger partial charge in [0.1, 0.15) is 17.8 Å². The fourth-order valence-electron chi connectivity index (χ4n) is 5.03. The van der Waals surface area contributed by atoms with Gasteiger partial charge >= 0.3 is 12.1 Å². The summed E-state index contributed by atoms with van der Waals surface area (Å²) in [7, 11) is 0. The molecule has 3 aromatic rings. The first kappa shape index (κ1) is 21.5. The summed E-state index contributed by atoms with van der Waals surface area (Å²) in [5, 5.41) is 13.3. The van der Waals surface area contributed by atoms with Crippen molar-refractivity contribution in [2.24, 2.45) is 0 Å². The third kappa shape index (κ3) is 3.76. The summed E-state index contributed by atoms with van der Waals surface area (Å²) in [6.07, 6.45) is 0.440. The van der Waals surface area contributed by atoms with E-state index in [1.54, 1.807) is 18.2 Å². The summed E-state index contributed by atoms with van der Waals surface area (Å²) in [5.74, 6) is -1.21. The first-order valence-corrected chi connectivity index (χ1v) is 10.8. The first-order chi connectivity index (χ1) is 15.8. The van der Waals surface area contributed by atoms with Crippen LogP contribution >= 0.6 is 11.6 Å². The highest BCUT2D eigenvalue weighted by atomic mass is 35.5. The van der Waals surface area contributed by atoms with E-state index in [0.29, 0.717) is 53.4 Å². The van der Waals surface area contributed by atoms with Crippen molar-refractivity contribution in [2.45, 2.75) is 50.0 Å². The molecule has 0 saturated carbocycles. The molecule has 2 saturated heterocycles. The molecule has 2 aliphatic heterocycles. The lowest BCUT2D eigenvalue weighted by atomic mass is 9.97. The molecule has 2 unspecified atom stereocenters. The largest absolute Gasteiger partial charge is 0.471 e. The van der Waals surface area contributed by atoms with Gasteiger partial charge in [0.05, 0.1) is 27.7 Å². The number of anilines is 2. The Kier molecular flexibility index (Phi) is 5.16. The molecule has 0 aliphatic carbocycles. The van der Waals surface area contributed by atoms with E-state index in [9.17, 15) is 18.0 Å². The lowest BCUT2D eigenvalue weighted by molar-refractivity contribution is -0.190. The van der Waals surface area contributed by atoms with E-state index in [1.165, 1.54) is 6.33 Å². The normalized spacial score (nSPS) is 22.4. The maximum Gasteiger partial charge on any atom is 0.471 e.